The molecular formula is C14H16N2O2. The van der Waals surface area contributed by atoms with Gasteiger partial charge in [-0.3, -0.25) is 0 Å². The first kappa shape index (κ1) is 12.4. The highest BCUT2D eigenvalue weighted by molar-refractivity contribution is 5.85. The average Bonchev–Trinajstić information content (AvgIpc) is 2.77. The Kier molecular flexibility index (Phi) is 3.77. The maximum absolute atomic E-state index is 11.7. The predicted molar refractivity (Wildman–Crippen MR) is 68.5 cm³/mol. The lowest BCUT2D eigenvalue weighted by atomic mass is 10.1. The van der Waals surface area contributed by atoms with Crippen LogP contribution < -0.4 is 0 Å². The van der Waals surface area contributed by atoms with Gasteiger partial charge in [-0.05, 0) is 19.4 Å². The number of imidazole rings is 1. The molecule has 0 saturated carbocycles. The second-order valence-electron chi connectivity index (χ2n) is 4.09. The summed E-state index contributed by atoms with van der Waals surface area (Å²) in [4.78, 5) is 15.7. The number of nitrogens with zero attached hydrogens (tertiary/aromatic N) is 2. The van der Waals surface area contributed by atoms with Crippen LogP contribution in [-0.4, -0.2) is 22.1 Å². The van der Waals surface area contributed by atoms with E-state index in [2.05, 4.69) is 11.1 Å². The second kappa shape index (κ2) is 5.49. The molecular weight excluding hydrogens is 228 g/mol. The van der Waals surface area contributed by atoms with E-state index in [1.165, 1.54) is 5.56 Å². The van der Waals surface area contributed by atoms with Gasteiger partial charge in [0.25, 0.3) is 0 Å². The molecule has 94 valence electrons. The molecule has 0 radical (unpaired) electrons. The Morgan fingerprint density at radius 2 is 2.28 bits per heavy atom. The van der Waals surface area contributed by atoms with Gasteiger partial charge in [0.2, 0.25) is 5.82 Å². The molecule has 2 aromatic rings. The summed E-state index contributed by atoms with van der Waals surface area (Å²) in [5.74, 6) is -0.0338. The quantitative estimate of drug-likeness (QED) is 0.776. The van der Waals surface area contributed by atoms with Crippen molar-refractivity contribution in [2.45, 2.75) is 20.4 Å². The van der Waals surface area contributed by atoms with Crippen LogP contribution in [-0.2, 0) is 11.3 Å². The van der Waals surface area contributed by atoms with Gasteiger partial charge in [-0.15, -0.1) is 0 Å². The summed E-state index contributed by atoms with van der Waals surface area (Å²) in [6.07, 6.45) is 3.40. The molecule has 0 N–H and O–H groups in total. The Hall–Kier alpha value is -2.10. The van der Waals surface area contributed by atoms with Crippen LogP contribution in [0.4, 0.5) is 0 Å². The van der Waals surface area contributed by atoms with Crippen LogP contribution in [0.25, 0.3) is 0 Å². The molecule has 0 bridgehead atoms. The first-order valence-corrected chi connectivity index (χ1v) is 5.94. The fourth-order valence-electron chi connectivity index (χ4n) is 1.83. The van der Waals surface area contributed by atoms with E-state index in [0.717, 1.165) is 5.56 Å². The molecule has 4 nitrogen and oxygen atoms in total. The standard InChI is InChI=1S/C14H16N2O2/c1-3-18-14(17)13-15-7-8-16(13)10-12-6-4-5-11(2)9-12/h4-9H,3,10H2,1-2H3. The SMILES string of the molecule is CCOC(=O)c1nccn1Cc1cccc(C)c1. The van der Waals surface area contributed by atoms with Crippen LogP contribution in [0, 0.1) is 6.92 Å². The molecule has 0 fully saturated rings. The van der Waals surface area contributed by atoms with Gasteiger partial charge in [-0.1, -0.05) is 29.8 Å². The third kappa shape index (κ3) is 2.77. The molecule has 0 atom stereocenters. The van der Waals surface area contributed by atoms with E-state index in [-0.39, 0.29) is 5.97 Å². The Balaban J connectivity index is 2.20. The summed E-state index contributed by atoms with van der Waals surface area (Å²) in [6, 6.07) is 8.17. The van der Waals surface area contributed by atoms with Crippen molar-refractivity contribution >= 4 is 5.97 Å². The zero-order valence-corrected chi connectivity index (χ0v) is 10.6. The number of hydrogen-bond donors (Lipinski definition) is 0. The number of esters is 1. The monoisotopic (exact) mass is 244 g/mol. The molecule has 0 unspecified atom stereocenters. The van der Waals surface area contributed by atoms with Gasteiger partial charge in [0, 0.05) is 18.9 Å². The van der Waals surface area contributed by atoms with Crippen molar-refractivity contribution in [3.63, 3.8) is 0 Å². The van der Waals surface area contributed by atoms with Gasteiger partial charge >= 0.3 is 5.97 Å². The fourth-order valence-corrected chi connectivity index (χ4v) is 1.83. The maximum Gasteiger partial charge on any atom is 0.374 e. The largest absolute Gasteiger partial charge is 0.460 e. The number of benzene rings is 1. The van der Waals surface area contributed by atoms with Gasteiger partial charge in [0.15, 0.2) is 0 Å². The molecule has 2 rings (SSSR count). The fraction of sp³-hybridized carbons (Fsp3) is 0.286. The normalized spacial score (nSPS) is 10.3. The number of carbonyl (C=O) groups is 1. The van der Waals surface area contributed by atoms with Crippen molar-refractivity contribution in [3.05, 3.63) is 53.6 Å². The summed E-state index contributed by atoms with van der Waals surface area (Å²) >= 11 is 0. The molecule has 0 saturated heterocycles. The van der Waals surface area contributed by atoms with Crippen LogP contribution in [0.5, 0.6) is 0 Å². The molecule has 0 aliphatic carbocycles. The summed E-state index contributed by atoms with van der Waals surface area (Å²) in [5, 5.41) is 0. The van der Waals surface area contributed by atoms with Crippen LogP contribution >= 0.6 is 0 Å². The highest BCUT2D eigenvalue weighted by Crippen LogP contribution is 2.09. The van der Waals surface area contributed by atoms with E-state index in [1.807, 2.05) is 25.1 Å². The summed E-state index contributed by atoms with van der Waals surface area (Å²) < 4.78 is 6.76. The smallest absolute Gasteiger partial charge is 0.374 e. The van der Waals surface area contributed by atoms with Crippen molar-refractivity contribution in [3.8, 4) is 0 Å². The van der Waals surface area contributed by atoms with E-state index in [9.17, 15) is 4.79 Å². The van der Waals surface area contributed by atoms with Crippen molar-refractivity contribution in [1.82, 2.24) is 9.55 Å². The van der Waals surface area contributed by atoms with Crippen molar-refractivity contribution in [1.29, 1.82) is 0 Å². The first-order valence-electron chi connectivity index (χ1n) is 5.94. The zero-order chi connectivity index (χ0) is 13.0. The van der Waals surface area contributed by atoms with Crippen molar-refractivity contribution in [2.24, 2.45) is 0 Å². The van der Waals surface area contributed by atoms with Gasteiger partial charge < -0.3 is 9.30 Å². The molecule has 0 amide bonds. The number of carbonyl (C=O) groups excluding carboxylic acids is 1. The molecule has 1 heterocycles. The average molecular weight is 244 g/mol. The molecule has 1 aromatic carbocycles. The van der Waals surface area contributed by atoms with Crippen LogP contribution in [0.3, 0.4) is 0 Å². The predicted octanol–water partition coefficient (Wildman–Crippen LogP) is 2.42. The Morgan fingerprint density at radius 1 is 1.44 bits per heavy atom. The van der Waals surface area contributed by atoms with Gasteiger partial charge in [0.1, 0.15) is 0 Å². The van der Waals surface area contributed by atoms with E-state index < -0.39 is 0 Å². The summed E-state index contributed by atoms with van der Waals surface area (Å²) in [7, 11) is 0. The molecule has 0 spiro atoms. The molecule has 0 aliphatic rings. The van der Waals surface area contributed by atoms with Crippen molar-refractivity contribution < 1.29 is 9.53 Å². The number of aromatic nitrogens is 2. The third-order valence-electron chi connectivity index (χ3n) is 2.61. The number of ether oxygens (including phenoxy) is 1. The number of aryl methyl sites for hydroxylation is 1. The maximum atomic E-state index is 11.7. The van der Waals surface area contributed by atoms with Crippen LogP contribution in [0.15, 0.2) is 36.7 Å². The van der Waals surface area contributed by atoms with Gasteiger partial charge in [0.05, 0.1) is 6.61 Å². The Morgan fingerprint density at radius 3 is 3.00 bits per heavy atom. The molecule has 1 aromatic heterocycles. The molecule has 0 aliphatic heterocycles. The number of hydrogen-bond acceptors (Lipinski definition) is 3. The van der Waals surface area contributed by atoms with E-state index >= 15 is 0 Å². The molecule has 18 heavy (non-hydrogen) atoms. The van der Waals surface area contributed by atoms with E-state index in [0.29, 0.717) is 19.0 Å². The summed E-state index contributed by atoms with van der Waals surface area (Å²) in [6.45, 7) is 4.81. The third-order valence-corrected chi connectivity index (χ3v) is 2.61. The first-order chi connectivity index (χ1) is 8.70. The van der Waals surface area contributed by atoms with E-state index in [4.69, 9.17) is 4.74 Å². The van der Waals surface area contributed by atoms with Crippen LogP contribution in [0.1, 0.15) is 28.7 Å². The lowest BCUT2D eigenvalue weighted by Gasteiger charge is -2.07. The minimum atomic E-state index is -0.379. The van der Waals surface area contributed by atoms with Crippen LogP contribution in [0.2, 0.25) is 0 Å². The number of rotatable bonds is 4. The topological polar surface area (TPSA) is 44.1 Å². The zero-order valence-electron chi connectivity index (χ0n) is 10.6. The lowest BCUT2D eigenvalue weighted by molar-refractivity contribution is 0.0507. The Labute approximate surface area is 106 Å². The highest BCUT2D eigenvalue weighted by Gasteiger charge is 2.13. The van der Waals surface area contributed by atoms with Gasteiger partial charge in [-0.25, -0.2) is 9.78 Å². The minimum absolute atomic E-state index is 0.346. The second-order valence-corrected chi connectivity index (χ2v) is 4.09. The van der Waals surface area contributed by atoms with Crippen molar-refractivity contribution in [2.75, 3.05) is 6.61 Å². The highest BCUT2D eigenvalue weighted by atomic mass is 16.5. The summed E-state index contributed by atoms with van der Waals surface area (Å²) in [5.41, 5.74) is 2.34. The minimum Gasteiger partial charge on any atom is -0.460 e. The molecule has 4 heteroatoms. The van der Waals surface area contributed by atoms with E-state index in [1.54, 1.807) is 23.9 Å². The lowest BCUT2D eigenvalue weighted by Crippen LogP contribution is -2.13. The Bertz CT molecular complexity index is 546. The van der Waals surface area contributed by atoms with Gasteiger partial charge in [-0.2, -0.15) is 0 Å².